The second-order valence-electron chi connectivity index (χ2n) is 7.60. The summed E-state index contributed by atoms with van der Waals surface area (Å²) < 4.78 is 16.7. The van der Waals surface area contributed by atoms with E-state index in [0.717, 1.165) is 22.5 Å². The number of benzene rings is 1. The standard InChI is InChI=1S/C21H32O7/c1-12(2)15(9-14-5-7-16(8-6-14)27-13(3)4)11-26-21-20(25)19(24)18(23)17(10-22)28-21/h5-8,13,17-25H,9-11H2,1-4H3/t17-,18-,19?,20-,21-/m1/s1. The summed E-state index contributed by atoms with van der Waals surface area (Å²) in [4.78, 5) is 0. The van der Waals surface area contributed by atoms with Gasteiger partial charge in [-0.1, -0.05) is 17.7 Å². The monoisotopic (exact) mass is 396 g/mol. The maximum absolute atomic E-state index is 10.1. The highest BCUT2D eigenvalue weighted by molar-refractivity contribution is 5.31. The van der Waals surface area contributed by atoms with Crippen LogP contribution in [0.1, 0.15) is 33.3 Å². The number of rotatable bonds is 8. The van der Waals surface area contributed by atoms with Crippen LogP contribution in [0.2, 0.25) is 0 Å². The highest BCUT2D eigenvalue weighted by atomic mass is 16.7. The summed E-state index contributed by atoms with van der Waals surface area (Å²) in [7, 11) is 0. The Morgan fingerprint density at radius 3 is 2.21 bits per heavy atom. The molecule has 1 unspecified atom stereocenters. The van der Waals surface area contributed by atoms with Crippen LogP contribution in [0.15, 0.2) is 35.4 Å². The second kappa shape index (κ2) is 10.3. The lowest BCUT2D eigenvalue weighted by Gasteiger charge is -2.39. The van der Waals surface area contributed by atoms with E-state index in [2.05, 4.69) is 0 Å². The molecule has 28 heavy (non-hydrogen) atoms. The molecule has 1 saturated heterocycles. The quantitative estimate of drug-likeness (QED) is 0.489. The predicted molar refractivity (Wildman–Crippen MR) is 104 cm³/mol. The third kappa shape index (κ3) is 6.01. The lowest BCUT2D eigenvalue weighted by Crippen LogP contribution is -2.59. The van der Waals surface area contributed by atoms with Crippen LogP contribution >= 0.6 is 0 Å². The number of aliphatic hydroxyl groups excluding tert-OH is 4. The van der Waals surface area contributed by atoms with Gasteiger partial charge in [0.15, 0.2) is 6.29 Å². The maximum atomic E-state index is 10.1. The van der Waals surface area contributed by atoms with E-state index in [1.807, 2.05) is 52.0 Å². The van der Waals surface area contributed by atoms with Gasteiger partial charge in [-0.3, -0.25) is 0 Å². The Balaban J connectivity index is 1.99. The van der Waals surface area contributed by atoms with Crippen LogP contribution in [0.25, 0.3) is 0 Å². The average molecular weight is 396 g/mol. The number of aliphatic hydroxyl groups is 4. The van der Waals surface area contributed by atoms with Crippen molar-refractivity contribution in [3.05, 3.63) is 41.0 Å². The van der Waals surface area contributed by atoms with Crippen LogP contribution in [-0.4, -0.2) is 70.4 Å². The zero-order chi connectivity index (χ0) is 20.8. The molecule has 0 aromatic heterocycles. The normalized spacial score (nSPS) is 27.7. The number of hydrogen-bond acceptors (Lipinski definition) is 7. The van der Waals surface area contributed by atoms with Crippen molar-refractivity contribution in [2.75, 3.05) is 13.2 Å². The summed E-state index contributed by atoms with van der Waals surface area (Å²) in [5.74, 6) is 0.815. The zero-order valence-corrected chi connectivity index (χ0v) is 16.9. The lowest BCUT2D eigenvalue weighted by atomic mass is 9.99. The predicted octanol–water partition coefficient (Wildman–Crippen LogP) is 1.17. The Morgan fingerprint density at radius 1 is 1.04 bits per heavy atom. The minimum Gasteiger partial charge on any atom is -0.491 e. The zero-order valence-electron chi connectivity index (χ0n) is 16.9. The van der Waals surface area contributed by atoms with Gasteiger partial charge in [-0.25, -0.2) is 0 Å². The van der Waals surface area contributed by atoms with Crippen LogP contribution in [-0.2, 0) is 15.9 Å². The van der Waals surface area contributed by atoms with Gasteiger partial charge in [0.05, 0.1) is 19.3 Å². The maximum Gasteiger partial charge on any atom is 0.187 e. The molecule has 1 aromatic rings. The Bertz CT molecular complexity index is 635. The fraction of sp³-hybridized carbons (Fsp3) is 0.619. The molecule has 5 atom stereocenters. The fourth-order valence-electron chi connectivity index (χ4n) is 2.96. The van der Waals surface area contributed by atoms with Crippen molar-refractivity contribution in [2.45, 2.75) is 70.9 Å². The SMILES string of the molecule is CC(C)=C(CO[C@@H]1O[C@H](CO)[C@@H](O)C(O)[C@H]1O)Cc1ccc(OC(C)C)cc1. The van der Waals surface area contributed by atoms with Gasteiger partial charge >= 0.3 is 0 Å². The minimum atomic E-state index is -1.44. The molecule has 1 aromatic carbocycles. The van der Waals surface area contributed by atoms with E-state index in [0.29, 0.717) is 6.42 Å². The summed E-state index contributed by atoms with van der Waals surface area (Å²) in [5.41, 5.74) is 3.17. The van der Waals surface area contributed by atoms with Gasteiger partial charge < -0.3 is 34.6 Å². The van der Waals surface area contributed by atoms with Crippen LogP contribution in [0.5, 0.6) is 5.75 Å². The molecule has 7 heteroatoms. The molecule has 0 spiro atoms. The first-order valence-corrected chi connectivity index (χ1v) is 9.55. The van der Waals surface area contributed by atoms with Crippen molar-refractivity contribution in [1.29, 1.82) is 0 Å². The number of allylic oxidation sites excluding steroid dienone is 1. The number of ether oxygens (including phenoxy) is 3. The van der Waals surface area contributed by atoms with Crippen LogP contribution in [0, 0.1) is 0 Å². The highest BCUT2D eigenvalue weighted by Gasteiger charge is 2.44. The molecule has 7 nitrogen and oxygen atoms in total. The van der Waals surface area contributed by atoms with Crippen molar-refractivity contribution in [1.82, 2.24) is 0 Å². The molecule has 2 rings (SSSR count). The van der Waals surface area contributed by atoms with E-state index in [1.165, 1.54) is 0 Å². The lowest BCUT2D eigenvalue weighted by molar-refractivity contribution is -0.299. The molecule has 0 amide bonds. The Hall–Kier alpha value is -1.48. The molecule has 0 aliphatic carbocycles. The molecule has 0 radical (unpaired) electrons. The summed E-state index contributed by atoms with van der Waals surface area (Å²) in [6.07, 6.45) is -5.58. The van der Waals surface area contributed by atoms with E-state index in [1.54, 1.807) is 0 Å². The molecule has 4 N–H and O–H groups in total. The van der Waals surface area contributed by atoms with Crippen molar-refractivity contribution in [3.8, 4) is 5.75 Å². The Morgan fingerprint density at radius 2 is 1.68 bits per heavy atom. The van der Waals surface area contributed by atoms with Gasteiger partial charge in [-0.15, -0.1) is 0 Å². The van der Waals surface area contributed by atoms with Gasteiger partial charge in [-0.2, -0.15) is 0 Å². The molecule has 158 valence electrons. The van der Waals surface area contributed by atoms with Gasteiger partial charge in [-0.05, 0) is 57.4 Å². The summed E-state index contributed by atoms with van der Waals surface area (Å²) in [6, 6.07) is 7.84. The van der Waals surface area contributed by atoms with Crippen molar-refractivity contribution in [3.63, 3.8) is 0 Å². The smallest absolute Gasteiger partial charge is 0.187 e. The van der Waals surface area contributed by atoms with E-state index in [-0.39, 0.29) is 12.7 Å². The molecule has 0 saturated carbocycles. The highest BCUT2D eigenvalue weighted by Crippen LogP contribution is 2.24. The summed E-state index contributed by atoms with van der Waals surface area (Å²) in [6.45, 7) is 7.61. The molecular weight excluding hydrogens is 364 g/mol. The van der Waals surface area contributed by atoms with E-state index < -0.39 is 37.3 Å². The third-order valence-corrected chi connectivity index (χ3v) is 4.69. The first-order valence-electron chi connectivity index (χ1n) is 9.55. The van der Waals surface area contributed by atoms with Crippen molar-refractivity contribution in [2.24, 2.45) is 0 Å². The van der Waals surface area contributed by atoms with Crippen LogP contribution in [0.4, 0.5) is 0 Å². The summed E-state index contributed by atoms with van der Waals surface area (Å²) in [5, 5.41) is 39.1. The van der Waals surface area contributed by atoms with Crippen molar-refractivity contribution < 1.29 is 34.6 Å². The van der Waals surface area contributed by atoms with Gasteiger partial charge in [0.25, 0.3) is 0 Å². The molecule has 1 fully saturated rings. The first kappa shape index (κ1) is 22.8. The second-order valence-corrected chi connectivity index (χ2v) is 7.60. The van der Waals surface area contributed by atoms with Gasteiger partial charge in [0.2, 0.25) is 0 Å². The minimum absolute atomic E-state index is 0.117. The Kier molecular flexibility index (Phi) is 8.42. The van der Waals surface area contributed by atoms with Crippen LogP contribution < -0.4 is 4.74 Å². The van der Waals surface area contributed by atoms with Gasteiger partial charge in [0, 0.05) is 0 Å². The molecule has 0 bridgehead atoms. The molecular formula is C21H32O7. The Labute approximate surface area is 166 Å². The van der Waals surface area contributed by atoms with Crippen LogP contribution in [0.3, 0.4) is 0 Å². The largest absolute Gasteiger partial charge is 0.491 e. The number of hydrogen-bond donors (Lipinski definition) is 4. The average Bonchev–Trinajstić information content (AvgIpc) is 2.65. The fourth-order valence-corrected chi connectivity index (χ4v) is 2.96. The summed E-state index contributed by atoms with van der Waals surface area (Å²) >= 11 is 0. The first-order chi connectivity index (χ1) is 13.2. The molecule has 1 heterocycles. The van der Waals surface area contributed by atoms with E-state index in [9.17, 15) is 20.4 Å². The molecule has 1 aliphatic rings. The topological polar surface area (TPSA) is 109 Å². The van der Waals surface area contributed by atoms with Crippen molar-refractivity contribution >= 4 is 0 Å². The van der Waals surface area contributed by atoms with E-state index in [4.69, 9.17) is 14.2 Å². The molecule has 1 aliphatic heterocycles. The van der Waals surface area contributed by atoms with Gasteiger partial charge in [0.1, 0.15) is 30.2 Å². The third-order valence-electron chi connectivity index (χ3n) is 4.69. The van der Waals surface area contributed by atoms with E-state index >= 15 is 0 Å².